The molecule has 1 amide bonds. The molecule has 0 atom stereocenters. The predicted octanol–water partition coefficient (Wildman–Crippen LogP) is 3.70. The molecule has 0 unspecified atom stereocenters. The Balaban J connectivity index is 1.73. The summed E-state index contributed by atoms with van der Waals surface area (Å²) in [7, 11) is 0. The van der Waals surface area contributed by atoms with Crippen LogP contribution in [0.25, 0.3) is 0 Å². The van der Waals surface area contributed by atoms with Gasteiger partial charge in [0.1, 0.15) is 5.76 Å². The van der Waals surface area contributed by atoms with Gasteiger partial charge >= 0.3 is 0 Å². The molecule has 20 heavy (non-hydrogen) atoms. The summed E-state index contributed by atoms with van der Waals surface area (Å²) in [5.74, 6) is 0.712. The van der Waals surface area contributed by atoms with Crippen LogP contribution in [0.4, 0.5) is 5.69 Å². The minimum Gasteiger partial charge on any atom is -0.468 e. The topological polar surface area (TPSA) is 54.3 Å². The number of anilines is 1. The fraction of sp³-hybridized carbons (Fsp3) is 0.214. The Labute approximate surface area is 127 Å². The monoisotopic (exact) mass is 312 g/mol. The lowest BCUT2D eigenvalue weighted by Crippen LogP contribution is -2.21. The van der Waals surface area contributed by atoms with Gasteiger partial charge in [-0.2, -0.15) is 0 Å². The summed E-state index contributed by atoms with van der Waals surface area (Å²) in [5.41, 5.74) is 0.523. The summed E-state index contributed by atoms with van der Waals surface area (Å²) in [6.45, 7) is 1.14. The second kappa shape index (κ2) is 7.33. The van der Waals surface area contributed by atoms with E-state index in [2.05, 4.69) is 10.6 Å². The van der Waals surface area contributed by atoms with E-state index in [1.165, 1.54) is 0 Å². The van der Waals surface area contributed by atoms with E-state index in [1.807, 2.05) is 12.1 Å². The van der Waals surface area contributed by atoms with E-state index in [0.717, 1.165) is 5.76 Å². The predicted molar refractivity (Wildman–Crippen MR) is 80.1 cm³/mol. The zero-order valence-electron chi connectivity index (χ0n) is 10.7. The molecule has 4 nitrogen and oxygen atoms in total. The molecule has 106 valence electrons. The zero-order chi connectivity index (χ0) is 14.4. The molecule has 0 bridgehead atoms. The number of carbonyl (C=O) groups excluding carboxylic acids is 1. The van der Waals surface area contributed by atoms with Crippen molar-refractivity contribution in [3.63, 3.8) is 0 Å². The van der Waals surface area contributed by atoms with Gasteiger partial charge in [-0.3, -0.25) is 4.79 Å². The number of carbonyl (C=O) groups is 1. The maximum absolute atomic E-state index is 11.8. The summed E-state index contributed by atoms with van der Waals surface area (Å²) >= 11 is 11.8. The van der Waals surface area contributed by atoms with E-state index in [1.54, 1.807) is 24.5 Å². The van der Waals surface area contributed by atoms with E-state index in [0.29, 0.717) is 35.2 Å². The van der Waals surface area contributed by atoms with Gasteiger partial charge in [-0.15, -0.1) is 0 Å². The normalized spacial score (nSPS) is 10.5. The Morgan fingerprint density at radius 2 is 2.10 bits per heavy atom. The largest absolute Gasteiger partial charge is 0.468 e. The van der Waals surface area contributed by atoms with Gasteiger partial charge in [0, 0.05) is 18.0 Å². The number of rotatable bonds is 6. The first-order valence-electron chi connectivity index (χ1n) is 6.13. The Kier molecular flexibility index (Phi) is 5.47. The van der Waals surface area contributed by atoms with Crippen LogP contribution in [0.15, 0.2) is 41.0 Å². The zero-order valence-corrected chi connectivity index (χ0v) is 12.2. The molecule has 1 heterocycles. The molecule has 0 aliphatic rings. The molecule has 0 fully saturated rings. The molecule has 0 radical (unpaired) electrons. The van der Waals surface area contributed by atoms with Crippen LogP contribution in [-0.4, -0.2) is 12.5 Å². The summed E-state index contributed by atoms with van der Waals surface area (Å²) in [6.07, 6.45) is 1.95. The second-order valence-electron chi connectivity index (χ2n) is 4.18. The molecular formula is C14H14Cl2N2O2. The minimum atomic E-state index is -0.124. The second-order valence-corrected chi connectivity index (χ2v) is 5.02. The van der Waals surface area contributed by atoms with Gasteiger partial charge in [0.25, 0.3) is 0 Å². The van der Waals surface area contributed by atoms with Crippen molar-refractivity contribution in [3.05, 3.63) is 52.4 Å². The van der Waals surface area contributed by atoms with Gasteiger partial charge in [-0.25, -0.2) is 0 Å². The summed E-state index contributed by atoms with van der Waals surface area (Å²) in [4.78, 5) is 11.8. The highest BCUT2D eigenvalue weighted by Crippen LogP contribution is 2.25. The van der Waals surface area contributed by atoms with E-state index >= 15 is 0 Å². The van der Waals surface area contributed by atoms with E-state index in [9.17, 15) is 4.79 Å². The molecule has 0 saturated carbocycles. The third kappa shape index (κ3) is 4.56. The van der Waals surface area contributed by atoms with Crippen molar-refractivity contribution in [1.82, 2.24) is 5.32 Å². The van der Waals surface area contributed by atoms with Crippen LogP contribution in [0.5, 0.6) is 0 Å². The summed E-state index contributed by atoms with van der Waals surface area (Å²) < 4.78 is 5.17. The van der Waals surface area contributed by atoms with Gasteiger partial charge < -0.3 is 15.1 Å². The first-order valence-corrected chi connectivity index (χ1v) is 6.89. The molecule has 2 aromatic rings. The Hall–Kier alpha value is -1.49. The molecule has 1 aromatic carbocycles. The highest BCUT2D eigenvalue weighted by atomic mass is 35.5. The van der Waals surface area contributed by atoms with Gasteiger partial charge in [0.05, 0.1) is 23.5 Å². The van der Waals surface area contributed by atoms with E-state index < -0.39 is 0 Å². The van der Waals surface area contributed by atoms with Crippen molar-refractivity contribution in [3.8, 4) is 0 Å². The lowest BCUT2D eigenvalue weighted by molar-refractivity contribution is -0.116. The fourth-order valence-electron chi connectivity index (χ4n) is 1.63. The van der Waals surface area contributed by atoms with Crippen molar-refractivity contribution in [1.29, 1.82) is 0 Å². The number of halogens is 2. The molecule has 0 aliphatic carbocycles. The van der Waals surface area contributed by atoms with Crippen LogP contribution >= 0.6 is 23.2 Å². The van der Waals surface area contributed by atoms with Gasteiger partial charge in [-0.05, 0) is 30.3 Å². The molecule has 1 aromatic heterocycles. The molecule has 0 spiro atoms. The molecular weight excluding hydrogens is 299 g/mol. The number of amides is 1. The maximum Gasteiger partial charge on any atom is 0.225 e. The lowest BCUT2D eigenvalue weighted by atomic mass is 10.3. The number of nitrogens with one attached hydrogen (secondary N) is 2. The van der Waals surface area contributed by atoms with Crippen LogP contribution < -0.4 is 10.6 Å². The van der Waals surface area contributed by atoms with E-state index in [-0.39, 0.29) is 5.91 Å². The van der Waals surface area contributed by atoms with Crippen LogP contribution in [0.3, 0.4) is 0 Å². The summed E-state index contributed by atoms with van der Waals surface area (Å²) in [5, 5.41) is 6.84. The lowest BCUT2D eigenvalue weighted by Gasteiger charge is -2.08. The highest BCUT2D eigenvalue weighted by Gasteiger charge is 2.06. The molecule has 0 aliphatic heterocycles. The Bertz CT molecular complexity index is 571. The number of hydrogen-bond donors (Lipinski definition) is 2. The first-order chi connectivity index (χ1) is 9.65. The number of hydrogen-bond acceptors (Lipinski definition) is 3. The smallest absolute Gasteiger partial charge is 0.225 e. The first kappa shape index (κ1) is 14.9. The number of furan rings is 1. The molecule has 0 saturated heterocycles. The SMILES string of the molecule is O=C(CCNCc1ccco1)Nc1cc(Cl)ccc1Cl. The standard InChI is InChI=1S/C14H14Cl2N2O2/c15-10-3-4-12(16)13(8-10)18-14(19)5-6-17-9-11-2-1-7-20-11/h1-4,7-8,17H,5-6,9H2,(H,18,19). The Morgan fingerprint density at radius 1 is 1.25 bits per heavy atom. The summed E-state index contributed by atoms with van der Waals surface area (Å²) in [6, 6.07) is 8.64. The van der Waals surface area contributed by atoms with Crippen LogP contribution in [-0.2, 0) is 11.3 Å². The van der Waals surface area contributed by atoms with E-state index in [4.69, 9.17) is 27.6 Å². The van der Waals surface area contributed by atoms with Crippen molar-refractivity contribution >= 4 is 34.8 Å². The fourth-order valence-corrected chi connectivity index (χ4v) is 1.97. The van der Waals surface area contributed by atoms with Gasteiger partial charge in [0.15, 0.2) is 0 Å². The van der Waals surface area contributed by atoms with Crippen LogP contribution in [0.2, 0.25) is 10.0 Å². The van der Waals surface area contributed by atoms with Gasteiger partial charge in [0.2, 0.25) is 5.91 Å². The third-order valence-corrected chi connectivity index (χ3v) is 3.18. The maximum atomic E-state index is 11.8. The quantitative estimate of drug-likeness (QED) is 0.800. The van der Waals surface area contributed by atoms with Crippen molar-refractivity contribution < 1.29 is 9.21 Å². The molecule has 2 N–H and O–H groups in total. The average Bonchev–Trinajstić information content (AvgIpc) is 2.92. The van der Waals surface area contributed by atoms with Crippen LogP contribution in [0, 0.1) is 0 Å². The highest BCUT2D eigenvalue weighted by molar-refractivity contribution is 6.35. The Morgan fingerprint density at radius 3 is 2.85 bits per heavy atom. The van der Waals surface area contributed by atoms with Crippen molar-refractivity contribution in [2.75, 3.05) is 11.9 Å². The van der Waals surface area contributed by atoms with Gasteiger partial charge in [-0.1, -0.05) is 23.2 Å². The third-order valence-electron chi connectivity index (χ3n) is 2.61. The number of benzene rings is 1. The van der Waals surface area contributed by atoms with Crippen molar-refractivity contribution in [2.24, 2.45) is 0 Å². The van der Waals surface area contributed by atoms with Crippen LogP contribution in [0.1, 0.15) is 12.2 Å². The molecule has 6 heteroatoms. The minimum absolute atomic E-state index is 0.124. The average molecular weight is 313 g/mol. The molecule has 2 rings (SSSR count). The van der Waals surface area contributed by atoms with Crippen molar-refractivity contribution in [2.45, 2.75) is 13.0 Å².